The van der Waals surface area contributed by atoms with Gasteiger partial charge in [-0.05, 0) is 43.7 Å². The molecule has 0 aliphatic carbocycles. The van der Waals surface area contributed by atoms with Crippen LogP contribution >= 0.6 is 11.8 Å². The molecule has 1 heterocycles. The van der Waals surface area contributed by atoms with Gasteiger partial charge in [-0.15, -0.1) is 0 Å². The number of nitrogens with one attached hydrogen (secondary N) is 1. The third kappa shape index (κ3) is 4.92. The van der Waals surface area contributed by atoms with Crippen LogP contribution in [0.3, 0.4) is 0 Å². The van der Waals surface area contributed by atoms with E-state index in [0.717, 1.165) is 31.6 Å². The minimum Gasteiger partial charge on any atom is -0.370 e. The predicted molar refractivity (Wildman–Crippen MR) is 110 cm³/mol. The van der Waals surface area contributed by atoms with Gasteiger partial charge in [0.05, 0.1) is 22.0 Å². The number of thioether (sulfide) groups is 1. The van der Waals surface area contributed by atoms with E-state index < -0.39 is 10.0 Å². The minimum absolute atomic E-state index is 0.117. The van der Waals surface area contributed by atoms with Crippen LogP contribution in [0.5, 0.6) is 0 Å². The van der Waals surface area contributed by atoms with Gasteiger partial charge in [0.2, 0.25) is 15.9 Å². The average Bonchev–Trinajstić information content (AvgIpc) is 2.63. The van der Waals surface area contributed by atoms with Gasteiger partial charge in [-0.2, -0.15) is 16.1 Å². The highest BCUT2D eigenvalue weighted by molar-refractivity contribution is 7.99. The zero-order valence-electron chi connectivity index (χ0n) is 15.8. The molecule has 0 unspecified atom stereocenters. The number of amides is 1. The number of hydrogen-bond donors (Lipinski definition) is 1. The van der Waals surface area contributed by atoms with Gasteiger partial charge in [0, 0.05) is 26.2 Å². The molecule has 0 aromatic heterocycles. The summed E-state index contributed by atoms with van der Waals surface area (Å²) >= 11 is 1.44. The number of rotatable bonds is 8. The normalized spacial score (nSPS) is 15.3. The molecule has 1 fully saturated rings. The summed E-state index contributed by atoms with van der Waals surface area (Å²) in [4.78, 5) is 14.6. The number of anilines is 2. The van der Waals surface area contributed by atoms with Crippen molar-refractivity contribution in [3.63, 3.8) is 0 Å². The molecule has 26 heavy (non-hydrogen) atoms. The van der Waals surface area contributed by atoms with E-state index in [2.05, 4.69) is 10.2 Å². The summed E-state index contributed by atoms with van der Waals surface area (Å²) in [6.45, 7) is 6.33. The maximum atomic E-state index is 12.8. The van der Waals surface area contributed by atoms with Crippen molar-refractivity contribution >= 4 is 39.1 Å². The van der Waals surface area contributed by atoms with Crippen LogP contribution in [0.1, 0.15) is 33.1 Å². The van der Waals surface area contributed by atoms with E-state index in [1.54, 1.807) is 12.1 Å². The molecule has 0 atom stereocenters. The van der Waals surface area contributed by atoms with Gasteiger partial charge in [0.25, 0.3) is 0 Å². The standard InChI is InChI=1S/C18H29N3O3S2/c1-4-21(5-2)26(23,24)15-9-10-17(20-11-7-6-8-12-20)16(13-15)19-18(22)14-25-3/h9-10,13H,4-8,11-12,14H2,1-3H3,(H,19,22). The van der Waals surface area contributed by atoms with Crippen LogP contribution in [0.15, 0.2) is 23.1 Å². The Labute approximate surface area is 161 Å². The van der Waals surface area contributed by atoms with Crippen molar-refractivity contribution in [1.82, 2.24) is 4.31 Å². The molecule has 1 N–H and O–H groups in total. The second-order valence-electron chi connectivity index (χ2n) is 6.30. The Kier molecular flexibility index (Phi) is 7.79. The summed E-state index contributed by atoms with van der Waals surface area (Å²) in [6, 6.07) is 5.09. The first-order valence-corrected chi connectivity index (χ1v) is 11.9. The summed E-state index contributed by atoms with van der Waals surface area (Å²) in [6.07, 6.45) is 5.29. The predicted octanol–water partition coefficient (Wildman–Crippen LogP) is 3.01. The lowest BCUT2D eigenvalue weighted by atomic mass is 10.1. The van der Waals surface area contributed by atoms with Gasteiger partial charge >= 0.3 is 0 Å². The Morgan fingerprint density at radius 1 is 1.19 bits per heavy atom. The van der Waals surface area contributed by atoms with Gasteiger partial charge in [-0.3, -0.25) is 4.79 Å². The van der Waals surface area contributed by atoms with E-state index in [1.807, 2.05) is 26.2 Å². The van der Waals surface area contributed by atoms with E-state index in [-0.39, 0.29) is 10.8 Å². The highest BCUT2D eigenvalue weighted by atomic mass is 32.2. The Morgan fingerprint density at radius 2 is 1.85 bits per heavy atom. The van der Waals surface area contributed by atoms with Crippen LogP contribution in [-0.2, 0) is 14.8 Å². The van der Waals surface area contributed by atoms with Crippen molar-refractivity contribution in [2.45, 2.75) is 38.0 Å². The Balaban J connectivity index is 2.42. The molecule has 0 bridgehead atoms. The zero-order valence-corrected chi connectivity index (χ0v) is 17.5. The first-order valence-electron chi connectivity index (χ1n) is 9.12. The van der Waals surface area contributed by atoms with Crippen LogP contribution in [-0.4, -0.2) is 56.8 Å². The van der Waals surface area contributed by atoms with E-state index >= 15 is 0 Å². The third-order valence-corrected chi connectivity index (χ3v) is 7.15. The molecule has 6 nitrogen and oxygen atoms in total. The topological polar surface area (TPSA) is 69.7 Å². The molecule has 0 radical (unpaired) electrons. The Hall–Kier alpha value is -1.25. The first kappa shape index (κ1) is 21.1. The van der Waals surface area contributed by atoms with Crippen LogP contribution < -0.4 is 10.2 Å². The number of hydrogen-bond acceptors (Lipinski definition) is 5. The summed E-state index contributed by atoms with van der Waals surface area (Å²) in [5.74, 6) is 0.222. The van der Waals surface area contributed by atoms with Crippen molar-refractivity contribution < 1.29 is 13.2 Å². The van der Waals surface area contributed by atoms with Crippen LogP contribution in [0.25, 0.3) is 0 Å². The van der Waals surface area contributed by atoms with Gasteiger partial charge in [0.1, 0.15) is 0 Å². The molecule has 0 spiro atoms. The lowest BCUT2D eigenvalue weighted by Crippen LogP contribution is -2.32. The van der Waals surface area contributed by atoms with Crippen molar-refractivity contribution in [2.24, 2.45) is 0 Å². The molecule has 1 aromatic rings. The molecule has 1 amide bonds. The van der Waals surface area contributed by atoms with Gasteiger partial charge in [-0.1, -0.05) is 13.8 Å². The van der Waals surface area contributed by atoms with Crippen molar-refractivity contribution in [1.29, 1.82) is 0 Å². The second-order valence-corrected chi connectivity index (χ2v) is 9.10. The fraction of sp³-hybridized carbons (Fsp3) is 0.611. The molecular formula is C18H29N3O3S2. The lowest BCUT2D eigenvalue weighted by molar-refractivity contribution is -0.113. The SMILES string of the molecule is CCN(CC)S(=O)(=O)c1ccc(N2CCCCC2)c(NC(=O)CSC)c1. The molecule has 1 aliphatic rings. The summed E-state index contributed by atoms with van der Waals surface area (Å²) in [5, 5.41) is 2.91. The summed E-state index contributed by atoms with van der Waals surface area (Å²) in [5.41, 5.74) is 1.48. The monoisotopic (exact) mass is 399 g/mol. The Bertz CT molecular complexity index is 712. The van der Waals surface area contributed by atoms with E-state index in [0.29, 0.717) is 24.5 Å². The highest BCUT2D eigenvalue weighted by Gasteiger charge is 2.24. The van der Waals surface area contributed by atoms with Gasteiger partial charge in [-0.25, -0.2) is 8.42 Å². The van der Waals surface area contributed by atoms with Crippen molar-refractivity contribution in [2.75, 3.05) is 48.4 Å². The average molecular weight is 400 g/mol. The molecule has 146 valence electrons. The van der Waals surface area contributed by atoms with E-state index in [1.165, 1.54) is 22.5 Å². The number of carbonyl (C=O) groups excluding carboxylic acids is 1. The van der Waals surface area contributed by atoms with Crippen LogP contribution in [0, 0.1) is 0 Å². The first-order chi connectivity index (χ1) is 12.4. The van der Waals surface area contributed by atoms with E-state index in [9.17, 15) is 13.2 Å². The maximum absolute atomic E-state index is 12.8. The second kappa shape index (κ2) is 9.62. The van der Waals surface area contributed by atoms with Gasteiger partial charge < -0.3 is 10.2 Å². The largest absolute Gasteiger partial charge is 0.370 e. The number of sulfonamides is 1. The number of benzene rings is 1. The Morgan fingerprint density at radius 3 is 2.42 bits per heavy atom. The molecule has 1 saturated heterocycles. The fourth-order valence-electron chi connectivity index (χ4n) is 3.22. The van der Waals surface area contributed by atoms with Crippen molar-refractivity contribution in [3.8, 4) is 0 Å². The molecule has 0 saturated carbocycles. The smallest absolute Gasteiger partial charge is 0.243 e. The number of nitrogens with zero attached hydrogens (tertiary/aromatic N) is 2. The minimum atomic E-state index is -3.56. The maximum Gasteiger partial charge on any atom is 0.243 e. The van der Waals surface area contributed by atoms with Crippen LogP contribution in [0.4, 0.5) is 11.4 Å². The fourth-order valence-corrected chi connectivity index (χ4v) is 5.04. The van der Waals surface area contributed by atoms with Crippen molar-refractivity contribution in [3.05, 3.63) is 18.2 Å². The van der Waals surface area contributed by atoms with Crippen LogP contribution in [0.2, 0.25) is 0 Å². The molecule has 1 aliphatic heterocycles. The quantitative estimate of drug-likeness (QED) is 0.728. The lowest BCUT2D eigenvalue weighted by Gasteiger charge is -2.31. The highest BCUT2D eigenvalue weighted by Crippen LogP contribution is 2.32. The molecule has 8 heteroatoms. The summed E-state index contributed by atoms with van der Waals surface area (Å²) < 4.78 is 27.1. The van der Waals surface area contributed by atoms with Gasteiger partial charge in [0.15, 0.2) is 0 Å². The molecular weight excluding hydrogens is 370 g/mol. The summed E-state index contributed by atoms with van der Waals surface area (Å²) in [7, 11) is -3.56. The number of carbonyl (C=O) groups is 1. The third-order valence-electron chi connectivity index (χ3n) is 4.56. The number of piperidine rings is 1. The zero-order chi connectivity index (χ0) is 19.2. The molecule has 2 rings (SSSR count). The molecule has 1 aromatic carbocycles. The van der Waals surface area contributed by atoms with E-state index in [4.69, 9.17) is 0 Å².